The van der Waals surface area contributed by atoms with Crippen LogP contribution in [-0.2, 0) is 0 Å². The number of hydrogen-bond donors (Lipinski definition) is 0. The minimum absolute atomic E-state index is 0.0726. The predicted octanol–water partition coefficient (Wildman–Crippen LogP) is 15.6. The van der Waals surface area contributed by atoms with Gasteiger partial charge in [-0.3, -0.25) is 4.99 Å². The van der Waals surface area contributed by atoms with Crippen molar-refractivity contribution in [3.8, 4) is 33.6 Å². The standard InChI is InChI=1S/C56H42N2S/c1-3-36-34-48(37-16-6-4-7-17-37)35(2)54(58-55(36)38-18-8-5-9-19-38)42-23-13-21-40(33-42)39-20-12-22-41(32-39)49-27-15-28-50(57-49)47-31-30-46-44-25-11-10-24-43(44)45-26-14-29-51-52(45)53(46)56(47)59-51/h4-33,36,55H,3,34H2,1-2H3. The molecule has 2 nitrogen and oxygen atoms in total. The molecule has 0 amide bonds. The Morgan fingerprint density at radius 2 is 1.12 bits per heavy atom. The fraction of sp³-hybridized carbons (Fsp3) is 0.107. The molecule has 10 aromatic rings. The first-order valence-electron chi connectivity index (χ1n) is 20.8. The Morgan fingerprint density at radius 3 is 1.88 bits per heavy atom. The summed E-state index contributed by atoms with van der Waals surface area (Å²) in [6, 6.07) is 66.3. The van der Waals surface area contributed by atoms with Crippen LogP contribution in [0.2, 0.25) is 0 Å². The fourth-order valence-corrected chi connectivity index (χ4v) is 10.9. The average Bonchev–Trinajstić information content (AvgIpc) is 3.63. The van der Waals surface area contributed by atoms with Crippen LogP contribution in [0.5, 0.6) is 0 Å². The van der Waals surface area contributed by atoms with Gasteiger partial charge in [-0.05, 0) is 105 Å². The third-order valence-corrected chi connectivity index (χ3v) is 13.8. The number of fused-ring (bicyclic) bond motifs is 3. The summed E-state index contributed by atoms with van der Waals surface area (Å²) in [5.74, 6) is 0.391. The van der Waals surface area contributed by atoms with Crippen molar-refractivity contribution in [2.24, 2.45) is 10.9 Å². The van der Waals surface area contributed by atoms with E-state index in [2.05, 4.69) is 196 Å². The maximum Gasteiger partial charge on any atom is 0.0787 e. The lowest BCUT2D eigenvalue weighted by Crippen LogP contribution is -2.11. The Bertz CT molecular complexity index is 3240. The number of aromatic nitrogens is 1. The molecule has 8 aromatic carbocycles. The Kier molecular flexibility index (Phi) is 8.78. The zero-order chi connectivity index (χ0) is 39.5. The van der Waals surface area contributed by atoms with E-state index in [-0.39, 0.29) is 6.04 Å². The Hall–Kier alpha value is -6.68. The van der Waals surface area contributed by atoms with E-state index in [1.54, 1.807) is 0 Å². The zero-order valence-electron chi connectivity index (χ0n) is 33.2. The van der Waals surface area contributed by atoms with Crippen molar-refractivity contribution in [2.45, 2.75) is 32.7 Å². The molecule has 3 heteroatoms. The number of hydrogen-bond acceptors (Lipinski definition) is 3. The average molecular weight is 775 g/mol. The number of thiophene rings is 1. The molecule has 0 N–H and O–H groups in total. The fourth-order valence-electron chi connectivity index (χ4n) is 9.61. The van der Waals surface area contributed by atoms with Crippen LogP contribution < -0.4 is 0 Å². The second-order valence-corrected chi connectivity index (χ2v) is 17.0. The third kappa shape index (κ3) is 6.08. The summed E-state index contributed by atoms with van der Waals surface area (Å²) >= 11 is 1.88. The summed E-state index contributed by atoms with van der Waals surface area (Å²) in [6.45, 7) is 4.59. The molecule has 0 saturated heterocycles. The number of aliphatic imine (C=N–C) groups is 1. The number of nitrogens with zero attached hydrogens (tertiary/aromatic N) is 2. The van der Waals surface area contributed by atoms with Crippen LogP contribution in [-0.4, -0.2) is 10.7 Å². The normalized spacial score (nSPS) is 16.0. The van der Waals surface area contributed by atoms with Gasteiger partial charge < -0.3 is 0 Å². The molecule has 0 radical (unpaired) electrons. The van der Waals surface area contributed by atoms with Crippen LogP contribution in [0.3, 0.4) is 0 Å². The van der Waals surface area contributed by atoms with Gasteiger partial charge in [0.2, 0.25) is 0 Å². The van der Waals surface area contributed by atoms with Crippen molar-refractivity contribution in [1.82, 2.24) is 4.98 Å². The van der Waals surface area contributed by atoms with E-state index in [9.17, 15) is 0 Å². The number of allylic oxidation sites excluding steroid dienone is 2. The second kappa shape index (κ2) is 14.6. The first-order chi connectivity index (χ1) is 29.1. The maximum atomic E-state index is 5.67. The molecule has 2 aromatic heterocycles. The van der Waals surface area contributed by atoms with Crippen LogP contribution in [0.15, 0.2) is 193 Å². The van der Waals surface area contributed by atoms with E-state index in [1.165, 1.54) is 69.6 Å². The van der Waals surface area contributed by atoms with Gasteiger partial charge in [0.15, 0.2) is 0 Å². The lowest BCUT2D eigenvalue weighted by atomic mass is 9.83. The largest absolute Gasteiger partial charge is 0.276 e. The molecule has 3 heterocycles. The summed E-state index contributed by atoms with van der Waals surface area (Å²) in [4.78, 5) is 11.0. The van der Waals surface area contributed by atoms with Crippen molar-refractivity contribution in [1.29, 1.82) is 0 Å². The van der Waals surface area contributed by atoms with Crippen molar-refractivity contribution in [3.05, 3.63) is 204 Å². The molecule has 59 heavy (non-hydrogen) atoms. The molecule has 0 bridgehead atoms. The van der Waals surface area contributed by atoms with Gasteiger partial charge >= 0.3 is 0 Å². The van der Waals surface area contributed by atoms with Crippen molar-refractivity contribution in [2.75, 3.05) is 0 Å². The Labute approximate surface area is 349 Å². The van der Waals surface area contributed by atoms with Crippen molar-refractivity contribution < 1.29 is 0 Å². The van der Waals surface area contributed by atoms with Crippen LogP contribution >= 0.6 is 11.3 Å². The molecule has 0 spiro atoms. The van der Waals surface area contributed by atoms with E-state index in [4.69, 9.17) is 9.98 Å². The quantitative estimate of drug-likeness (QED) is 0.148. The smallest absolute Gasteiger partial charge is 0.0787 e. The van der Waals surface area contributed by atoms with Crippen LogP contribution in [0, 0.1) is 5.92 Å². The monoisotopic (exact) mass is 774 g/mol. The lowest BCUT2D eigenvalue weighted by Gasteiger charge is -2.23. The molecule has 0 aliphatic carbocycles. The first-order valence-corrected chi connectivity index (χ1v) is 21.6. The van der Waals surface area contributed by atoms with Gasteiger partial charge in [0.05, 0.1) is 23.1 Å². The van der Waals surface area contributed by atoms with Gasteiger partial charge in [0.1, 0.15) is 0 Å². The first kappa shape index (κ1) is 35.5. The Morgan fingerprint density at radius 1 is 0.525 bits per heavy atom. The SMILES string of the molecule is CCC1CC(c2ccccc2)=C(C)C(c2cccc(-c3cccc(-c4cccc(-c5ccc6c7ccccc7c7cccc8sc5c6c87)n4)c3)c2)=NC1c1ccccc1. The van der Waals surface area contributed by atoms with E-state index in [1.807, 2.05) is 11.3 Å². The van der Waals surface area contributed by atoms with Gasteiger partial charge in [0, 0.05) is 36.9 Å². The van der Waals surface area contributed by atoms with E-state index in [0.717, 1.165) is 52.2 Å². The lowest BCUT2D eigenvalue weighted by molar-refractivity contribution is 0.432. The topological polar surface area (TPSA) is 25.2 Å². The molecule has 2 unspecified atom stereocenters. The van der Waals surface area contributed by atoms with Crippen molar-refractivity contribution >= 4 is 64.3 Å². The van der Waals surface area contributed by atoms with Crippen molar-refractivity contribution in [3.63, 3.8) is 0 Å². The van der Waals surface area contributed by atoms with Gasteiger partial charge in [0.25, 0.3) is 0 Å². The van der Waals surface area contributed by atoms with E-state index >= 15 is 0 Å². The van der Waals surface area contributed by atoms with Gasteiger partial charge in [-0.1, -0.05) is 165 Å². The molecule has 11 rings (SSSR count). The molecule has 0 saturated carbocycles. The van der Waals surface area contributed by atoms with Crippen LogP contribution in [0.4, 0.5) is 0 Å². The third-order valence-electron chi connectivity index (χ3n) is 12.6. The van der Waals surface area contributed by atoms with Gasteiger partial charge in [-0.15, -0.1) is 11.3 Å². The molecular weight excluding hydrogens is 733 g/mol. The molecule has 0 fully saturated rings. The minimum atomic E-state index is 0.0726. The highest BCUT2D eigenvalue weighted by Gasteiger charge is 2.29. The van der Waals surface area contributed by atoms with E-state index in [0.29, 0.717) is 5.92 Å². The predicted molar refractivity (Wildman–Crippen MR) is 253 cm³/mol. The van der Waals surface area contributed by atoms with Crippen LogP contribution in [0.1, 0.15) is 49.4 Å². The van der Waals surface area contributed by atoms with E-state index < -0.39 is 0 Å². The summed E-state index contributed by atoms with van der Waals surface area (Å²) in [5.41, 5.74) is 14.0. The summed E-state index contributed by atoms with van der Waals surface area (Å²) in [5, 5.41) is 7.98. The van der Waals surface area contributed by atoms with Crippen LogP contribution in [0.25, 0.3) is 80.9 Å². The highest BCUT2D eigenvalue weighted by atomic mass is 32.1. The highest BCUT2D eigenvalue weighted by Crippen LogP contribution is 2.48. The second-order valence-electron chi connectivity index (χ2n) is 15.9. The van der Waals surface area contributed by atoms with Gasteiger partial charge in [-0.2, -0.15) is 0 Å². The van der Waals surface area contributed by atoms with Gasteiger partial charge in [-0.25, -0.2) is 4.98 Å². The molecule has 2 atom stereocenters. The summed E-state index contributed by atoms with van der Waals surface area (Å²) in [7, 11) is 0. The zero-order valence-corrected chi connectivity index (χ0v) is 34.0. The summed E-state index contributed by atoms with van der Waals surface area (Å²) < 4.78 is 2.62. The Balaban J connectivity index is 0.991. The number of rotatable bonds is 7. The minimum Gasteiger partial charge on any atom is -0.276 e. The summed E-state index contributed by atoms with van der Waals surface area (Å²) in [6.07, 6.45) is 2.04. The highest BCUT2D eigenvalue weighted by molar-refractivity contribution is 7.26. The molecular formula is C56H42N2S. The number of pyridine rings is 1. The molecule has 1 aliphatic rings. The number of benzene rings is 8. The maximum absolute atomic E-state index is 5.67. The molecule has 282 valence electrons. The molecule has 1 aliphatic heterocycles.